The number of nitrogens with zero attached hydrogens (tertiary/aromatic N) is 2. The molecule has 0 radical (unpaired) electrons. The van der Waals surface area contributed by atoms with E-state index in [4.69, 9.17) is 19.2 Å². The largest absolute Gasteiger partial charge is 0.497 e. The molecule has 0 amide bonds. The summed E-state index contributed by atoms with van der Waals surface area (Å²) < 4.78 is 19.2. The van der Waals surface area contributed by atoms with E-state index in [1.54, 1.807) is 26.0 Å². The Kier molecular flexibility index (Phi) is 8.70. The molecule has 0 N–H and O–H groups in total. The molecular weight excluding hydrogens is 528 g/mol. The maximum atomic E-state index is 6.11. The molecule has 0 spiro atoms. The van der Waals surface area contributed by atoms with Crippen molar-refractivity contribution in [2.75, 3.05) is 26.6 Å². The number of imidazole rings is 1. The molecule has 5 aromatic rings. The second-order valence-corrected chi connectivity index (χ2v) is 11.8. The van der Waals surface area contributed by atoms with Crippen LogP contribution in [0.2, 0.25) is 0 Å². The molecule has 1 aromatic heterocycles. The molecule has 5 nitrogen and oxygen atoms in total. The number of para-hydroxylation sites is 1. The minimum absolute atomic E-state index is 0.117. The molecule has 1 heterocycles. The first kappa shape index (κ1) is 28.4. The predicted octanol–water partition coefficient (Wildman–Crippen LogP) is 8.69. The van der Waals surface area contributed by atoms with Crippen LogP contribution >= 0.6 is 11.8 Å². The van der Waals surface area contributed by atoms with E-state index < -0.39 is 0 Å². The monoisotopic (exact) mass is 564 g/mol. The molecular formula is C35H36N2O3S. The zero-order valence-electron chi connectivity index (χ0n) is 24.3. The quantitative estimate of drug-likeness (QED) is 0.125. The third-order valence-corrected chi connectivity index (χ3v) is 7.79. The Balaban J connectivity index is 1.49. The third kappa shape index (κ3) is 6.60. The molecule has 0 saturated heterocycles. The number of aromatic nitrogens is 2. The molecule has 0 bridgehead atoms. The Morgan fingerprint density at radius 2 is 1.24 bits per heavy atom. The van der Waals surface area contributed by atoms with Crippen LogP contribution in [0.25, 0.3) is 28.2 Å². The van der Waals surface area contributed by atoms with E-state index in [1.165, 1.54) is 5.56 Å². The first-order valence-electron chi connectivity index (χ1n) is 13.7. The molecule has 6 heteroatoms. The van der Waals surface area contributed by atoms with Gasteiger partial charge < -0.3 is 14.2 Å². The van der Waals surface area contributed by atoms with E-state index in [-0.39, 0.29) is 5.41 Å². The fourth-order valence-corrected chi connectivity index (χ4v) is 5.45. The van der Waals surface area contributed by atoms with Gasteiger partial charge in [0.15, 0.2) is 5.16 Å². The van der Waals surface area contributed by atoms with Gasteiger partial charge in [-0.3, -0.25) is 4.57 Å². The van der Waals surface area contributed by atoms with Gasteiger partial charge in [0.2, 0.25) is 0 Å². The van der Waals surface area contributed by atoms with Crippen molar-refractivity contribution >= 4 is 11.8 Å². The van der Waals surface area contributed by atoms with Gasteiger partial charge in [0.25, 0.3) is 0 Å². The van der Waals surface area contributed by atoms with Crippen LogP contribution in [0.3, 0.4) is 0 Å². The summed E-state index contributed by atoms with van der Waals surface area (Å²) in [5.74, 6) is 3.25. The number of ether oxygens (including phenoxy) is 3. The Bertz CT molecular complexity index is 1550. The molecule has 0 atom stereocenters. The van der Waals surface area contributed by atoms with Crippen LogP contribution in [0, 0.1) is 0 Å². The fourth-order valence-electron chi connectivity index (χ4n) is 4.62. The van der Waals surface area contributed by atoms with Gasteiger partial charge in [-0.2, -0.15) is 0 Å². The summed E-state index contributed by atoms with van der Waals surface area (Å²) in [4.78, 5) is 5.21. The van der Waals surface area contributed by atoms with Crippen LogP contribution < -0.4 is 14.2 Å². The standard InChI is InChI=1S/C35H36N2O3S/c1-35(2,3)27-15-21-31(22-16-27)40-23-24-41-34-36-32(25-11-17-29(38-4)18-12-25)33(26-13-19-30(39-5)20-14-26)37(34)28-9-7-6-8-10-28/h6-22H,23-24H2,1-5H3. The highest BCUT2D eigenvalue weighted by molar-refractivity contribution is 7.99. The molecule has 0 unspecified atom stereocenters. The Morgan fingerprint density at radius 3 is 1.80 bits per heavy atom. The average molecular weight is 565 g/mol. The molecule has 0 aliphatic heterocycles. The summed E-state index contributed by atoms with van der Waals surface area (Å²) in [6, 6.07) is 35.0. The summed E-state index contributed by atoms with van der Waals surface area (Å²) in [5, 5.41) is 0.902. The van der Waals surface area contributed by atoms with Crippen LogP contribution in [0.1, 0.15) is 26.3 Å². The van der Waals surface area contributed by atoms with Gasteiger partial charge in [-0.1, -0.05) is 62.9 Å². The van der Waals surface area contributed by atoms with Crippen molar-refractivity contribution in [1.29, 1.82) is 0 Å². The van der Waals surface area contributed by atoms with Crippen molar-refractivity contribution in [2.24, 2.45) is 0 Å². The van der Waals surface area contributed by atoms with Crippen molar-refractivity contribution in [3.8, 4) is 45.5 Å². The topological polar surface area (TPSA) is 45.5 Å². The van der Waals surface area contributed by atoms with E-state index in [0.29, 0.717) is 6.61 Å². The zero-order valence-corrected chi connectivity index (χ0v) is 25.1. The number of rotatable bonds is 10. The molecule has 0 saturated carbocycles. The minimum atomic E-state index is 0.117. The average Bonchev–Trinajstić information content (AvgIpc) is 3.39. The highest BCUT2D eigenvalue weighted by Crippen LogP contribution is 2.39. The maximum absolute atomic E-state index is 6.11. The van der Waals surface area contributed by atoms with E-state index in [1.807, 2.05) is 30.3 Å². The molecule has 210 valence electrons. The van der Waals surface area contributed by atoms with Gasteiger partial charge in [0.1, 0.15) is 17.2 Å². The van der Waals surface area contributed by atoms with E-state index in [9.17, 15) is 0 Å². The number of hydrogen-bond acceptors (Lipinski definition) is 5. The normalized spacial score (nSPS) is 11.3. The minimum Gasteiger partial charge on any atom is -0.497 e. The lowest BCUT2D eigenvalue weighted by Crippen LogP contribution is -2.10. The molecule has 4 aromatic carbocycles. The van der Waals surface area contributed by atoms with Gasteiger partial charge >= 0.3 is 0 Å². The predicted molar refractivity (Wildman–Crippen MR) is 169 cm³/mol. The SMILES string of the molecule is COc1ccc(-c2nc(SCCOc3ccc(C(C)(C)C)cc3)n(-c3ccccc3)c2-c2ccc(OC)cc2)cc1. The molecule has 41 heavy (non-hydrogen) atoms. The Hall–Kier alpha value is -4.16. The second-order valence-electron chi connectivity index (χ2n) is 10.7. The highest BCUT2D eigenvalue weighted by Gasteiger charge is 2.22. The molecule has 5 rings (SSSR count). The molecule has 0 aliphatic carbocycles. The van der Waals surface area contributed by atoms with Gasteiger partial charge in [-0.05, 0) is 83.8 Å². The smallest absolute Gasteiger partial charge is 0.173 e. The van der Waals surface area contributed by atoms with Crippen molar-refractivity contribution in [2.45, 2.75) is 31.3 Å². The second kappa shape index (κ2) is 12.6. The highest BCUT2D eigenvalue weighted by atomic mass is 32.2. The first-order valence-corrected chi connectivity index (χ1v) is 14.7. The lowest BCUT2D eigenvalue weighted by Gasteiger charge is -2.19. The van der Waals surface area contributed by atoms with Crippen molar-refractivity contribution in [3.05, 3.63) is 109 Å². The number of hydrogen-bond donors (Lipinski definition) is 0. The lowest BCUT2D eigenvalue weighted by molar-refractivity contribution is 0.343. The van der Waals surface area contributed by atoms with Crippen molar-refractivity contribution in [3.63, 3.8) is 0 Å². The van der Waals surface area contributed by atoms with E-state index in [0.717, 1.165) is 56.4 Å². The molecule has 0 aliphatic rings. The van der Waals surface area contributed by atoms with E-state index in [2.05, 4.69) is 98.1 Å². The van der Waals surface area contributed by atoms with Gasteiger partial charge in [0, 0.05) is 22.6 Å². The fraction of sp³-hybridized carbons (Fsp3) is 0.229. The summed E-state index contributed by atoms with van der Waals surface area (Å²) in [7, 11) is 3.36. The van der Waals surface area contributed by atoms with Crippen molar-refractivity contribution < 1.29 is 14.2 Å². The Morgan fingerprint density at radius 1 is 0.683 bits per heavy atom. The molecule has 0 fully saturated rings. The van der Waals surface area contributed by atoms with Crippen LogP contribution in [-0.2, 0) is 5.41 Å². The van der Waals surface area contributed by atoms with Crippen molar-refractivity contribution in [1.82, 2.24) is 9.55 Å². The van der Waals surface area contributed by atoms with E-state index >= 15 is 0 Å². The third-order valence-electron chi connectivity index (χ3n) is 6.89. The first-order chi connectivity index (χ1) is 19.9. The van der Waals surface area contributed by atoms with Crippen LogP contribution in [-0.4, -0.2) is 36.1 Å². The number of benzene rings is 4. The van der Waals surface area contributed by atoms with Gasteiger partial charge in [0.05, 0.1) is 32.2 Å². The number of thioether (sulfide) groups is 1. The lowest BCUT2D eigenvalue weighted by atomic mass is 9.87. The van der Waals surface area contributed by atoms with Gasteiger partial charge in [-0.15, -0.1) is 0 Å². The van der Waals surface area contributed by atoms with Crippen LogP contribution in [0.5, 0.6) is 17.2 Å². The van der Waals surface area contributed by atoms with Crippen LogP contribution in [0.4, 0.5) is 0 Å². The number of methoxy groups -OCH3 is 2. The summed E-state index contributed by atoms with van der Waals surface area (Å²) >= 11 is 1.69. The Labute approximate surface area is 247 Å². The summed E-state index contributed by atoms with van der Waals surface area (Å²) in [5.41, 5.74) is 6.45. The summed E-state index contributed by atoms with van der Waals surface area (Å²) in [6.07, 6.45) is 0. The zero-order chi connectivity index (χ0) is 28.8. The van der Waals surface area contributed by atoms with Crippen LogP contribution in [0.15, 0.2) is 108 Å². The maximum Gasteiger partial charge on any atom is 0.173 e. The van der Waals surface area contributed by atoms with Gasteiger partial charge in [-0.25, -0.2) is 4.98 Å². The summed E-state index contributed by atoms with van der Waals surface area (Å²) in [6.45, 7) is 7.22.